The van der Waals surface area contributed by atoms with Gasteiger partial charge in [0.2, 0.25) is 0 Å². The molecule has 0 aliphatic rings. The third kappa shape index (κ3) is 5.03. The fourth-order valence-electron chi connectivity index (χ4n) is 1.66. The van der Waals surface area contributed by atoms with Crippen molar-refractivity contribution in [2.24, 2.45) is 0 Å². The molecule has 2 rings (SSSR count). The number of benzene rings is 1. The summed E-state index contributed by atoms with van der Waals surface area (Å²) in [6.45, 7) is 4.03. The van der Waals surface area contributed by atoms with Crippen LogP contribution < -0.4 is 5.32 Å². The van der Waals surface area contributed by atoms with Crippen molar-refractivity contribution in [2.75, 3.05) is 20.3 Å². The number of methoxy groups -OCH3 is 1. The summed E-state index contributed by atoms with van der Waals surface area (Å²) < 4.78 is 24.0. The van der Waals surface area contributed by atoms with Gasteiger partial charge in [0.05, 0.1) is 11.5 Å². The standard InChI is InChI=1S/C14H18FN3OS2/c1-3-13-17-14(21-18-13)20-12-5-4-10(8-11(12)15)9-16-6-7-19-2/h4-5,8,16H,3,6-7,9H2,1-2H3. The molecule has 4 nitrogen and oxygen atoms in total. The lowest BCUT2D eigenvalue weighted by molar-refractivity contribution is 0.199. The molecule has 0 fully saturated rings. The Hall–Kier alpha value is -1.02. The van der Waals surface area contributed by atoms with Crippen LogP contribution in [0.15, 0.2) is 27.4 Å². The number of halogens is 1. The van der Waals surface area contributed by atoms with Crippen molar-refractivity contribution < 1.29 is 9.13 Å². The van der Waals surface area contributed by atoms with Crippen molar-refractivity contribution in [3.63, 3.8) is 0 Å². The van der Waals surface area contributed by atoms with Crippen LogP contribution >= 0.6 is 23.3 Å². The van der Waals surface area contributed by atoms with E-state index in [4.69, 9.17) is 4.74 Å². The molecular formula is C14H18FN3OS2. The normalized spacial score (nSPS) is 11.0. The second-order valence-electron chi connectivity index (χ2n) is 4.37. The van der Waals surface area contributed by atoms with Gasteiger partial charge in [-0.25, -0.2) is 9.37 Å². The summed E-state index contributed by atoms with van der Waals surface area (Å²) in [6.07, 6.45) is 0.797. The van der Waals surface area contributed by atoms with E-state index in [9.17, 15) is 4.39 Å². The van der Waals surface area contributed by atoms with E-state index >= 15 is 0 Å². The second kappa shape index (κ2) is 8.43. The van der Waals surface area contributed by atoms with Crippen molar-refractivity contribution in [2.45, 2.75) is 29.1 Å². The van der Waals surface area contributed by atoms with Crippen LogP contribution in [0.5, 0.6) is 0 Å². The van der Waals surface area contributed by atoms with Gasteiger partial charge in [-0.2, -0.15) is 4.37 Å². The maximum atomic E-state index is 14.1. The molecule has 1 heterocycles. The quantitative estimate of drug-likeness (QED) is 0.755. The first-order chi connectivity index (χ1) is 10.2. The highest BCUT2D eigenvalue weighted by molar-refractivity contribution is 8.01. The van der Waals surface area contributed by atoms with Gasteiger partial charge in [-0.05, 0) is 29.2 Å². The van der Waals surface area contributed by atoms with E-state index in [0.717, 1.165) is 28.7 Å². The maximum Gasteiger partial charge on any atom is 0.174 e. The summed E-state index contributed by atoms with van der Waals surface area (Å²) in [5, 5.41) is 3.19. The average Bonchev–Trinajstić information content (AvgIpc) is 2.94. The van der Waals surface area contributed by atoms with Gasteiger partial charge < -0.3 is 10.1 Å². The number of aryl methyl sites for hydroxylation is 1. The van der Waals surface area contributed by atoms with E-state index in [-0.39, 0.29) is 5.82 Å². The number of rotatable bonds is 8. The van der Waals surface area contributed by atoms with E-state index in [1.54, 1.807) is 19.2 Å². The number of nitrogens with one attached hydrogen (secondary N) is 1. The molecular weight excluding hydrogens is 309 g/mol. The monoisotopic (exact) mass is 327 g/mol. The topological polar surface area (TPSA) is 47.0 Å². The third-order valence-electron chi connectivity index (χ3n) is 2.77. The summed E-state index contributed by atoms with van der Waals surface area (Å²) in [5.74, 6) is 0.584. The zero-order valence-corrected chi connectivity index (χ0v) is 13.7. The number of hydrogen-bond donors (Lipinski definition) is 1. The summed E-state index contributed by atoms with van der Waals surface area (Å²) in [7, 11) is 1.66. The minimum atomic E-state index is -0.223. The van der Waals surface area contributed by atoms with Gasteiger partial charge in [-0.3, -0.25) is 0 Å². The van der Waals surface area contributed by atoms with Crippen LogP contribution in [0, 0.1) is 5.82 Å². The van der Waals surface area contributed by atoms with Crippen LogP contribution in [0.25, 0.3) is 0 Å². The smallest absolute Gasteiger partial charge is 0.174 e. The predicted octanol–water partition coefficient (Wildman–Crippen LogP) is 3.13. The molecule has 114 valence electrons. The van der Waals surface area contributed by atoms with Crippen LogP contribution in [0.3, 0.4) is 0 Å². The molecule has 0 spiro atoms. The number of ether oxygens (including phenoxy) is 1. The van der Waals surface area contributed by atoms with Crippen LogP contribution in [-0.4, -0.2) is 29.6 Å². The van der Waals surface area contributed by atoms with Crippen LogP contribution in [-0.2, 0) is 17.7 Å². The molecule has 0 bridgehead atoms. The van der Waals surface area contributed by atoms with Gasteiger partial charge in [-0.1, -0.05) is 24.8 Å². The third-order valence-corrected chi connectivity index (χ3v) is 4.61. The average molecular weight is 327 g/mol. The molecule has 0 saturated carbocycles. The van der Waals surface area contributed by atoms with Gasteiger partial charge >= 0.3 is 0 Å². The number of hydrogen-bond acceptors (Lipinski definition) is 6. The first-order valence-corrected chi connectivity index (χ1v) is 8.30. The zero-order chi connectivity index (χ0) is 15.1. The molecule has 0 saturated heterocycles. The summed E-state index contributed by atoms with van der Waals surface area (Å²) in [6, 6.07) is 5.28. The Labute approximate surface area is 132 Å². The fourth-order valence-corrected chi connectivity index (χ4v) is 3.32. The molecule has 0 aliphatic heterocycles. The van der Waals surface area contributed by atoms with Crippen LogP contribution in [0.1, 0.15) is 18.3 Å². The fraction of sp³-hybridized carbons (Fsp3) is 0.429. The van der Waals surface area contributed by atoms with Gasteiger partial charge in [0.25, 0.3) is 0 Å². The Kier molecular flexibility index (Phi) is 6.56. The summed E-state index contributed by atoms with van der Waals surface area (Å²) in [5.41, 5.74) is 0.916. The molecule has 1 aromatic heterocycles. The van der Waals surface area contributed by atoms with E-state index in [2.05, 4.69) is 14.7 Å². The minimum absolute atomic E-state index is 0.223. The van der Waals surface area contributed by atoms with Crippen molar-refractivity contribution in [1.82, 2.24) is 14.7 Å². The van der Waals surface area contributed by atoms with Gasteiger partial charge in [0.15, 0.2) is 4.34 Å². The Morgan fingerprint density at radius 1 is 1.43 bits per heavy atom. The van der Waals surface area contributed by atoms with Crippen molar-refractivity contribution >= 4 is 23.3 Å². The van der Waals surface area contributed by atoms with Crippen molar-refractivity contribution in [3.8, 4) is 0 Å². The molecule has 0 atom stereocenters. The zero-order valence-electron chi connectivity index (χ0n) is 12.1. The van der Waals surface area contributed by atoms with Crippen LogP contribution in [0.2, 0.25) is 0 Å². The molecule has 0 amide bonds. The van der Waals surface area contributed by atoms with Crippen LogP contribution in [0.4, 0.5) is 4.39 Å². The van der Waals surface area contributed by atoms with Crippen molar-refractivity contribution in [1.29, 1.82) is 0 Å². The molecule has 21 heavy (non-hydrogen) atoms. The Morgan fingerprint density at radius 2 is 2.29 bits per heavy atom. The number of aromatic nitrogens is 2. The lowest BCUT2D eigenvalue weighted by atomic mass is 10.2. The highest BCUT2D eigenvalue weighted by Gasteiger charge is 2.09. The highest BCUT2D eigenvalue weighted by atomic mass is 32.2. The molecule has 7 heteroatoms. The molecule has 1 aromatic carbocycles. The van der Waals surface area contributed by atoms with E-state index < -0.39 is 0 Å². The summed E-state index contributed by atoms with van der Waals surface area (Å²) >= 11 is 2.63. The first kappa shape index (κ1) is 16.4. The minimum Gasteiger partial charge on any atom is -0.383 e. The highest BCUT2D eigenvalue weighted by Crippen LogP contribution is 2.31. The predicted molar refractivity (Wildman–Crippen MR) is 83.4 cm³/mol. The lowest BCUT2D eigenvalue weighted by Crippen LogP contribution is -2.18. The summed E-state index contributed by atoms with van der Waals surface area (Å²) in [4.78, 5) is 4.91. The largest absolute Gasteiger partial charge is 0.383 e. The SMILES string of the molecule is CCc1nsc(Sc2ccc(CNCCOC)cc2F)n1. The molecule has 0 aliphatic carbocycles. The number of nitrogens with zero attached hydrogens (tertiary/aromatic N) is 2. The van der Waals surface area contributed by atoms with Gasteiger partial charge in [-0.15, -0.1) is 0 Å². The maximum absolute atomic E-state index is 14.1. The van der Waals surface area contributed by atoms with E-state index in [1.165, 1.54) is 23.3 Å². The first-order valence-electron chi connectivity index (χ1n) is 6.71. The van der Waals surface area contributed by atoms with E-state index in [1.807, 2.05) is 13.0 Å². The Bertz CT molecular complexity index is 577. The molecule has 1 N–H and O–H groups in total. The van der Waals surface area contributed by atoms with Crippen molar-refractivity contribution in [3.05, 3.63) is 35.4 Å². The van der Waals surface area contributed by atoms with Gasteiger partial charge in [0.1, 0.15) is 11.6 Å². The molecule has 2 aromatic rings. The molecule has 0 radical (unpaired) electrons. The Balaban J connectivity index is 1.95. The molecule has 0 unspecified atom stereocenters. The Morgan fingerprint density at radius 3 is 2.95 bits per heavy atom. The lowest BCUT2D eigenvalue weighted by Gasteiger charge is -2.06. The second-order valence-corrected chi connectivity index (χ2v) is 6.41. The van der Waals surface area contributed by atoms with E-state index in [0.29, 0.717) is 18.0 Å². The van der Waals surface area contributed by atoms with Gasteiger partial charge in [0, 0.05) is 26.6 Å².